The number of hydrogen-bond acceptors (Lipinski definition) is 2. The fraction of sp³-hybridized carbons (Fsp3) is 0.208. The van der Waals surface area contributed by atoms with E-state index in [1.54, 1.807) is 6.92 Å². The van der Waals surface area contributed by atoms with Crippen LogP contribution in [0.4, 0.5) is 0 Å². The Kier molecular flexibility index (Phi) is 5.71. The number of allylic oxidation sites excluding steroid dienone is 2. The first kappa shape index (κ1) is 17.8. The Balaban J connectivity index is 2.10. The Labute approximate surface area is 155 Å². The van der Waals surface area contributed by atoms with Gasteiger partial charge in [0.25, 0.3) is 0 Å². The van der Waals surface area contributed by atoms with Crippen LogP contribution >= 0.6 is 0 Å². The van der Waals surface area contributed by atoms with E-state index in [1.807, 2.05) is 18.3 Å². The van der Waals surface area contributed by atoms with Crippen molar-refractivity contribution in [3.8, 4) is 11.8 Å². The summed E-state index contributed by atoms with van der Waals surface area (Å²) in [6, 6.07) is 20.9. The molecule has 0 aromatic heterocycles. The summed E-state index contributed by atoms with van der Waals surface area (Å²) in [4.78, 5) is 11.2. The lowest BCUT2D eigenvalue weighted by Gasteiger charge is -2.21. The smallest absolute Gasteiger partial charge is 0.141 e. The number of carbonyl (C=O) groups excluding carboxylic acids is 1. The number of rotatable bonds is 3. The van der Waals surface area contributed by atoms with Crippen LogP contribution in [0.15, 0.2) is 78.5 Å². The summed E-state index contributed by atoms with van der Waals surface area (Å²) in [6.07, 6.45) is 4.47. The molecule has 2 atom stereocenters. The average molecular weight is 341 g/mol. The molecule has 2 aromatic carbocycles. The number of ketones is 1. The highest BCUT2D eigenvalue weighted by Gasteiger charge is 2.23. The minimum Gasteiger partial charge on any atom is -0.374 e. The molecule has 1 heterocycles. The normalized spacial score (nSPS) is 19.2. The van der Waals surface area contributed by atoms with Crippen molar-refractivity contribution in [2.45, 2.75) is 32.2 Å². The van der Waals surface area contributed by atoms with Gasteiger partial charge in [0, 0.05) is 5.92 Å². The molecule has 2 aromatic rings. The lowest BCUT2D eigenvalue weighted by Crippen LogP contribution is -2.23. The van der Waals surface area contributed by atoms with E-state index in [4.69, 9.17) is 0 Å². The van der Waals surface area contributed by atoms with Crippen molar-refractivity contribution in [3.63, 3.8) is 0 Å². The molecule has 1 aliphatic rings. The molecule has 1 N–H and O–H groups in total. The largest absolute Gasteiger partial charge is 0.374 e. The van der Waals surface area contributed by atoms with Gasteiger partial charge in [0.05, 0.1) is 6.42 Å². The van der Waals surface area contributed by atoms with Crippen LogP contribution in [-0.2, 0) is 4.79 Å². The van der Waals surface area contributed by atoms with E-state index in [1.165, 1.54) is 22.3 Å². The summed E-state index contributed by atoms with van der Waals surface area (Å²) in [6.45, 7) is 3.70. The molecule has 0 saturated carbocycles. The molecule has 3 rings (SSSR count). The molecular formula is C24H23NO. The monoisotopic (exact) mass is 341 g/mol. The Hall–Kier alpha value is -3.05. The third-order valence-corrected chi connectivity index (χ3v) is 4.55. The van der Waals surface area contributed by atoms with Crippen molar-refractivity contribution in [3.05, 3.63) is 89.6 Å². The molecule has 1 aliphatic heterocycles. The predicted octanol–water partition coefficient (Wildman–Crippen LogP) is 4.71. The molecule has 0 amide bonds. The fourth-order valence-electron chi connectivity index (χ4n) is 3.26. The number of hydrogen-bond donors (Lipinski definition) is 1. The van der Waals surface area contributed by atoms with Gasteiger partial charge >= 0.3 is 0 Å². The number of nitrogens with one attached hydrogen (secondary N) is 1. The quantitative estimate of drug-likeness (QED) is 0.819. The van der Waals surface area contributed by atoms with Gasteiger partial charge in [-0.2, -0.15) is 0 Å². The zero-order valence-corrected chi connectivity index (χ0v) is 15.2. The van der Waals surface area contributed by atoms with Gasteiger partial charge < -0.3 is 5.32 Å². The fourth-order valence-corrected chi connectivity index (χ4v) is 3.26. The van der Waals surface area contributed by atoms with Gasteiger partial charge in [-0.3, -0.25) is 4.79 Å². The molecule has 0 bridgehead atoms. The molecule has 0 fully saturated rings. The van der Waals surface area contributed by atoms with Crippen LogP contribution in [0.3, 0.4) is 0 Å². The standard InChI is InChI=1S/C24H23NO/c1-18(26)10-9-15-23-19(2)24(21-13-7-4-8-14-21)22(16-17-25-23)20-11-5-3-6-12-20/h3-8,11-14,16-17,22-23,25H,10H2,1-2H3. The summed E-state index contributed by atoms with van der Waals surface area (Å²) in [5, 5.41) is 3.38. The molecule has 0 spiro atoms. The Morgan fingerprint density at radius 2 is 1.69 bits per heavy atom. The van der Waals surface area contributed by atoms with E-state index >= 15 is 0 Å². The van der Waals surface area contributed by atoms with Crippen molar-refractivity contribution in [1.82, 2.24) is 5.32 Å². The predicted molar refractivity (Wildman–Crippen MR) is 107 cm³/mol. The van der Waals surface area contributed by atoms with Gasteiger partial charge in [-0.1, -0.05) is 78.6 Å². The SMILES string of the molecule is CC(=O)CC#CC1NC=CC(c2ccccc2)C(c2ccccc2)=C1C. The average Bonchev–Trinajstić information content (AvgIpc) is 2.82. The van der Waals surface area contributed by atoms with Crippen molar-refractivity contribution < 1.29 is 4.79 Å². The van der Waals surface area contributed by atoms with Crippen LogP contribution in [0.5, 0.6) is 0 Å². The van der Waals surface area contributed by atoms with Crippen molar-refractivity contribution in [2.75, 3.05) is 0 Å². The second kappa shape index (κ2) is 8.36. The van der Waals surface area contributed by atoms with Gasteiger partial charge in [0.2, 0.25) is 0 Å². The summed E-state index contributed by atoms with van der Waals surface area (Å²) in [5.41, 5.74) is 4.90. The molecule has 2 unspecified atom stereocenters. The van der Waals surface area contributed by atoms with Gasteiger partial charge in [-0.05, 0) is 42.3 Å². The molecule has 2 heteroatoms. The zero-order valence-electron chi connectivity index (χ0n) is 15.2. The summed E-state index contributed by atoms with van der Waals surface area (Å²) >= 11 is 0. The first-order valence-corrected chi connectivity index (χ1v) is 8.88. The number of carbonyl (C=O) groups is 1. The molecular weight excluding hydrogens is 318 g/mol. The maximum atomic E-state index is 11.2. The van der Waals surface area contributed by atoms with E-state index in [-0.39, 0.29) is 24.2 Å². The summed E-state index contributed by atoms with van der Waals surface area (Å²) in [7, 11) is 0. The molecule has 2 nitrogen and oxygen atoms in total. The number of benzene rings is 2. The highest BCUT2D eigenvalue weighted by molar-refractivity contribution is 5.79. The Morgan fingerprint density at radius 3 is 2.35 bits per heavy atom. The second-order valence-corrected chi connectivity index (χ2v) is 6.51. The van der Waals surface area contributed by atoms with Gasteiger partial charge in [0.1, 0.15) is 11.8 Å². The first-order valence-electron chi connectivity index (χ1n) is 8.88. The van der Waals surface area contributed by atoms with Gasteiger partial charge in [-0.15, -0.1) is 0 Å². The highest BCUT2D eigenvalue weighted by Crippen LogP contribution is 2.37. The van der Waals surface area contributed by atoms with Crippen LogP contribution in [0.2, 0.25) is 0 Å². The van der Waals surface area contributed by atoms with E-state index in [2.05, 4.69) is 78.7 Å². The first-order chi connectivity index (χ1) is 12.7. The highest BCUT2D eigenvalue weighted by atomic mass is 16.1. The minimum absolute atomic E-state index is 0.0914. The Bertz CT molecular complexity index is 882. The van der Waals surface area contributed by atoms with Crippen LogP contribution in [0.25, 0.3) is 5.57 Å². The third kappa shape index (κ3) is 4.13. The molecule has 0 saturated heterocycles. The van der Waals surface area contributed by atoms with Crippen LogP contribution in [0, 0.1) is 11.8 Å². The van der Waals surface area contributed by atoms with Crippen molar-refractivity contribution >= 4 is 11.4 Å². The topological polar surface area (TPSA) is 29.1 Å². The molecule has 0 aliphatic carbocycles. The molecule has 0 radical (unpaired) electrons. The Morgan fingerprint density at radius 1 is 1.04 bits per heavy atom. The molecule has 130 valence electrons. The van der Waals surface area contributed by atoms with E-state index < -0.39 is 0 Å². The van der Waals surface area contributed by atoms with Crippen LogP contribution in [0.1, 0.15) is 37.3 Å². The lowest BCUT2D eigenvalue weighted by molar-refractivity contribution is -0.116. The summed E-state index contributed by atoms with van der Waals surface area (Å²) in [5.74, 6) is 6.48. The summed E-state index contributed by atoms with van der Waals surface area (Å²) < 4.78 is 0. The maximum absolute atomic E-state index is 11.2. The third-order valence-electron chi connectivity index (χ3n) is 4.55. The van der Waals surface area contributed by atoms with E-state index in [9.17, 15) is 4.79 Å². The van der Waals surface area contributed by atoms with E-state index in [0.717, 1.165) is 0 Å². The minimum atomic E-state index is -0.102. The van der Waals surface area contributed by atoms with Crippen LogP contribution in [-0.4, -0.2) is 11.8 Å². The second-order valence-electron chi connectivity index (χ2n) is 6.51. The van der Waals surface area contributed by atoms with Crippen molar-refractivity contribution in [2.24, 2.45) is 0 Å². The van der Waals surface area contributed by atoms with Crippen molar-refractivity contribution in [1.29, 1.82) is 0 Å². The van der Waals surface area contributed by atoms with E-state index in [0.29, 0.717) is 0 Å². The van der Waals surface area contributed by atoms with Gasteiger partial charge in [0.15, 0.2) is 0 Å². The lowest BCUT2D eigenvalue weighted by atomic mass is 9.83. The maximum Gasteiger partial charge on any atom is 0.141 e. The molecule has 26 heavy (non-hydrogen) atoms. The zero-order chi connectivity index (χ0) is 18.4. The van der Waals surface area contributed by atoms with Crippen LogP contribution < -0.4 is 5.32 Å². The van der Waals surface area contributed by atoms with Gasteiger partial charge in [-0.25, -0.2) is 0 Å². The number of Topliss-reactive ketones (excluding diaryl/α,β-unsaturated/α-hetero) is 1.